The van der Waals surface area contributed by atoms with Gasteiger partial charge in [0.25, 0.3) is 5.91 Å². The second-order valence-electron chi connectivity index (χ2n) is 5.47. The third kappa shape index (κ3) is 4.88. The predicted octanol–water partition coefficient (Wildman–Crippen LogP) is 1.67. The van der Waals surface area contributed by atoms with E-state index in [1.54, 1.807) is 0 Å². The summed E-state index contributed by atoms with van der Waals surface area (Å²) in [5.74, 6) is -1.19. The standard InChI is InChI=1S/C16H13ClFN5O4S/c17-13-5-12(2-3-14(13)18)28(25,26)21-7-10-1-4-15(23-22-10)16(24)19-6-11-8-27-9-20-11/h1-5,8-9,21H,6-7H2,(H,19,24). The molecule has 0 bridgehead atoms. The van der Waals surface area contributed by atoms with E-state index >= 15 is 0 Å². The molecule has 0 saturated carbocycles. The van der Waals surface area contributed by atoms with Crippen LogP contribution in [0, 0.1) is 5.82 Å². The van der Waals surface area contributed by atoms with E-state index in [2.05, 4.69) is 25.2 Å². The highest BCUT2D eigenvalue weighted by Gasteiger charge is 2.16. The first-order valence-corrected chi connectivity index (χ1v) is 9.64. The first kappa shape index (κ1) is 19.9. The van der Waals surface area contributed by atoms with E-state index in [4.69, 9.17) is 16.0 Å². The number of carbonyl (C=O) groups is 1. The number of nitrogens with one attached hydrogen (secondary N) is 2. The van der Waals surface area contributed by atoms with Crippen molar-refractivity contribution in [1.82, 2.24) is 25.2 Å². The number of aromatic nitrogens is 3. The molecule has 2 heterocycles. The third-order valence-corrected chi connectivity index (χ3v) is 5.20. The summed E-state index contributed by atoms with van der Waals surface area (Å²) in [7, 11) is -3.92. The van der Waals surface area contributed by atoms with Crippen molar-refractivity contribution in [2.45, 2.75) is 18.0 Å². The Balaban J connectivity index is 1.59. The lowest BCUT2D eigenvalue weighted by molar-refractivity contribution is 0.0944. The molecule has 0 atom stereocenters. The van der Waals surface area contributed by atoms with Gasteiger partial charge in [0.2, 0.25) is 10.0 Å². The van der Waals surface area contributed by atoms with Gasteiger partial charge in [0.15, 0.2) is 12.1 Å². The number of sulfonamides is 1. The van der Waals surface area contributed by atoms with Crippen molar-refractivity contribution in [3.8, 4) is 0 Å². The maximum Gasteiger partial charge on any atom is 0.272 e. The Morgan fingerprint density at radius 2 is 1.96 bits per heavy atom. The molecule has 28 heavy (non-hydrogen) atoms. The minimum atomic E-state index is -3.92. The molecule has 0 aliphatic rings. The molecule has 0 saturated heterocycles. The molecular formula is C16H13ClFN5O4S. The SMILES string of the molecule is O=C(NCc1cocn1)c1ccc(CNS(=O)(=O)c2ccc(F)c(Cl)c2)nn1. The van der Waals surface area contributed by atoms with Crippen LogP contribution < -0.4 is 10.0 Å². The van der Waals surface area contributed by atoms with Crippen LogP contribution >= 0.6 is 11.6 Å². The second-order valence-corrected chi connectivity index (χ2v) is 7.65. The van der Waals surface area contributed by atoms with Crippen molar-refractivity contribution in [1.29, 1.82) is 0 Å². The molecule has 0 spiro atoms. The molecule has 0 unspecified atom stereocenters. The Labute approximate surface area is 164 Å². The van der Waals surface area contributed by atoms with Crippen LogP contribution in [0.3, 0.4) is 0 Å². The van der Waals surface area contributed by atoms with Crippen molar-refractivity contribution >= 4 is 27.5 Å². The highest BCUT2D eigenvalue weighted by atomic mass is 35.5. The summed E-state index contributed by atoms with van der Waals surface area (Å²) in [5.41, 5.74) is 0.887. The predicted molar refractivity (Wildman–Crippen MR) is 95.1 cm³/mol. The van der Waals surface area contributed by atoms with E-state index in [9.17, 15) is 17.6 Å². The van der Waals surface area contributed by atoms with Gasteiger partial charge >= 0.3 is 0 Å². The molecule has 3 aromatic rings. The lowest BCUT2D eigenvalue weighted by Crippen LogP contribution is -2.26. The van der Waals surface area contributed by atoms with Gasteiger partial charge in [0.05, 0.1) is 34.4 Å². The summed E-state index contributed by atoms with van der Waals surface area (Å²) in [6, 6.07) is 5.93. The number of hydrogen-bond donors (Lipinski definition) is 2. The van der Waals surface area contributed by atoms with Gasteiger partial charge in [-0.25, -0.2) is 22.5 Å². The zero-order valence-electron chi connectivity index (χ0n) is 14.1. The zero-order valence-corrected chi connectivity index (χ0v) is 15.7. The van der Waals surface area contributed by atoms with Gasteiger partial charge in [-0.1, -0.05) is 11.6 Å². The van der Waals surface area contributed by atoms with E-state index in [0.29, 0.717) is 5.69 Å². The van der Waals surface area contributed by atoms with E-state index in [0.717, 1.165) is 18.2 Å². The second kappa shape index (κ2) is 8.42. The number of hydrogen-bond acceptors (Lipinski definition) is 7. The third-order valence-electron chi connectivity index (χ3n) is 3.51. The van der Waals surface area contributed by atoms with Gasteiger partial charge in [0, 0.05) is 0 Å². The number of amides is 1. The van der Waals surface area contributed by atoms with E-state index in [1.165, 1.54) is 24.8 Å². The fourth-order valence-electron chi connectivity index (χ4n) is 2.06. The molecule has 1 aromatic carbocycles. The topological polar surface area (TPSA) is 127 Å². The van der Waals surface area contributed by atoms with Crippen LogP contribution in [-0.4, -0.2) is 29.5 Å². The lowest BCUT2D eigenvalue weighted by Gasteiger charge is -2.07. The quantitative estimate of drug-likeness (QED) is 0.589. The van der Waals surface area contributed by atoms with Crippen LogP contribution in [0.5, 0.6) is 0 Å². The lowest BCUT2D eigenvalue weighted by atomic mass is 10.3. The number of nitrogens with zero attached hydrogens (tertiary/aromatic N) is 3. The summed E-state index contributed by atoms with van der Waals surface area (Å²) in [4.78, 5) is 15.7. The Bertz CT molecular complexity index is 1070. The maximum absolute atomic E-state index is 13.2. The molecule has 0 radical (unpaired) electrons. The van der Waals surface area contributed by atoms with Crippen molar-refractivity contribution < 1.29 is 22.0 Å². The molecule has 0 fully saturated rings. The minimum Gasteiger partial charge on any atom is -0.451 e. The fraction of sp³-hybridized carbons (Fsp3) is 0.125. The molecular weight excluding hydrogens is 413 g/mol. The van der Waals surface area contributed by atoms with Crippen LogP contribution in [0.4, 0.5) is 4.39 Å². The molecule has 0 aliphatic carbocycles. The maximum atomic E-state index is 13.2. The molecule has 2 N–H and O–H groups in total. The zero-order chi connectivity index (χ0) is 20.1. The Hall–Kier alpha value is -2.89. The molecule has 0 aliphatic heterocycles. The Morgan fingerprint density at radius 3 is 2.61 bits per heavy atom. The number of rotatable bonds is 7. The first-order chi connectivity index (χ1) is 13.3. The van der Waals surface area contributed by atoms with Crippen LogP contribution in [0.15, 0.2) is 52.3 Å². The van der Waals surface area contributed by atoms with Gasteiger partial charge in [-0.05, 0) is 30.3 Å². The van der Waals surface area contributed by atoms with Crippen molar-refractivity contribution in [3.63, 3.8) is 0 Å². The Kier molecular flexibility index (Phi) is 5.97. The molecule has 1 amide bonds. The van der Waals surface area contributed by atoms with E-state index < -0.39 is 21.7 Å². The van der Waals surface area contributed by atoms with Crippen LogP contribution in [0.1, 0.15) is 21.9 Å². The highest BCUT2D eigenvalue weighted by Crippen LogP contribution is 2.19. The average molecular weight is 426 g/mol. The van der Waals surface area contributed by atoms with Gasteiger partial charge in [-0.2, -0.15) is 5.10 Å². The number of benzene rings is 1. The van der Waals surface area contributed by atoms with Gasteiger partial charge in [-0.15, -0.1) is 5.10 Å². The van der Waals surface area contributed by atoms with Gasteiger partial charge in [-0.3, -0.25) is 4.79 Å². The monoisotopic (exact) mass is 425 g/mol. The van der Waals surface area contributed by atoms with E-state index in [-0.39, 0.29) is 34.4 Å². The molecule has 9 nitrogen and oxygen atoms in total. The normalized spacial score (nSPS) is 11.4. The number of halogens is 2. The minimum absolute atomic E-state index is 0.0559. The number of oxazole rings is 1. The average Bonchev–Trinajstić information content (AvgIpc) is 3.20. The molecule has 2 aromatic heterocycles. The van der Waals surface area contributed by atoms with E-state index in [1.807, 2.05) is 0 Å². The largest absolute Gasteiger partial charge is 0.451 e. The van der Waals surface area contributed by atoms with Crippen molar-refractivity contribution in [2.24, 2.45) is 0 Å². The van der Waals surface area contributed by atoms with Gasteiger partial charge < -0.3 is 9.73 Å². The number of carbonyl (C=O) groups excluding carboxylic acids is 1. The summed E-state index contributed by atoms with van der Waals surface area (Å²) in [5, 5.41) is 9.87. The van der Waals surface area contributed by atoms with Gasteiger partial charge in [0.1, 0.15) is 12.1 Å². The fourth-order valence-corrected chi connectivity index (χ4v) is 3.33. The van der Waals surface area contributed by atoms with Crippen LogP contribution in [0.25, 0.3) is 0 Å². The summed E-state index contributed by atoms with van der Waals surface area (Å²) in [6.45, 7) is -0.00996. The molecule has 12 heteroatoms. The molecule has 146 valence electrons. The van der Waals surface area contributed by atoms with Crippen LogP contribution in [0.2, 0.25) is 5.02 Å². The summed E-state index contributed by atoms with van der Waals surface area (Å²) in [6.07, 6.45) is 2.65. The van der Waals surface area contributed by atoms with Crippen LogP contribution in [-0.2, 0) is 23.1 Å². The summed E-state index contributed by atoms with van der Waals surface area (Å²) >= 11 is 5.61. The van der Waals surface area contributed by atoms with Crippen molar-refractivity contribution in [3.05, 3.63) is 70.9 Å². The highest BCUT2D eigenvalue weighted by molar-refractivity contribution is 7.89. The summed E-state index contributed by atoms with van der Waals surface area (Å²) < 4.78 is 44.7. The van der Waals surface area contributed by atoms with Crippen molar-refractivity contribution in [2.75, 3.05) is 0 Å². The first-order valence-electron chi connectivity index (χ1n) is 7.78. The smallest absolute Gasteiger partial charge is 0.272 e. The molecule has 3 rings (SSSR count). The Morgan fingerprint density at radius 1 is 1.14 bits per heavy atom.